The van der Waals surface area contributed by atoms with Gasteiger partial charge in [-0.3, -0.25) is 9.59 Å². The molecule has 1 N–H and O–H groups in total. The highest BCUT2D eigenvalue weighted by atomic mass is 16.3. The van der Waals surface area contributed by atoms with Crippen molar-refractivity contribution in [3.05, 3.63) is 23.8 Å². The van der Waals surface area contributed by atoms with Crippen molar-refractivity contribution in [3.8, 4) is 5.75 Å². The number of phenolic OH excluding ortho intramolecular Hbond substituents is 1. The minimum absolute atomic E-state index is 0.0470. The molecule has 1 aromatic rings. The Morgan fingerprint density at radius 1 is 1.27 bits per heavy atom. The Kier molecular flexibility index (Phi) is 2.00. The Hall–Kier alpha value is -1.84. The van der Waals surface area contributed by atoms with Gasteiger partial charge in [0.25, 0.3) is 0 Å². The fourth-order valence-corrected chi connectivity index (χ4v) is 1.59. The van der Waals surface area contributed by atoms with Gasteiger partial charge in [0.1, 0.15) is 11.7 Å². The van der Waals surface area contributed by atoms with Crippen molar-refractivity contribution in [1.29, 1.82) is 0 Å². The molecule has 15 heavy (non-hydrogen) atoms. The molecule has 0 unspecified atom stereocenters. The predicted octanol–water partition coefficient (Wildman–Crippen LogP) is 1.21. The zero-order valence-electron chi connectivity index (χ0n) is 8.52. The Morgan fingerprint density at radius 2 is 1.87 bits per heavy atom. The highest BCUT2D eigenvalue weighted by Crippen LogP contribution is 2.34. The molecule has 1 aromatic carbocycles. The second-order valence-corrected chi connectivity index (χ2v) is 3.73. The van der Waals surface area contributed by atoms with Gasteiger partial charge in [-0.25, -0.2) is 4.90 Å². The summed E-state index contributed by atoms with van der Waals surface area (Å²) < 4.78 is 0. The average molecular weight is 205 g/mol. The van der Waals surface area contributed by atoms with E-state index in [0.29, 0.717) is 0 Å². The molecule has 78 valence electrons. The molecule has 1 aliphatic heterocycles. The van der Waals surface area contributed by atoms with Gasteiger partial charge in [0, 0.05) is 0 Å². The van der Waals surface area contributed by atoms with Gasteiger partial charge >= 0.3 is 0 Å². The number of phenols is 1. The van der Waals surface area contributed by atoms with Crippen LogP contribution in [0, 0.1) is 12.8 Å². The van der Waals surface area contributed by atoms with Gasteiger partial charge in [-0.15, -0.1) is 0 Å². The topological polar surface area (TPSA) is 57.6 Å². The Bertz CT molecular complexity index is 437. The molecule has 0 bridgehead atoms. The summed E-state index contributed by atoms with van der Waals surface area (Å²) in [5, 5.41) is 9.55. The summed E-state index contributed by atoms with van der Waals surface area (Å²) in [6.07, 6.45) is 0. The molecule has 2 amide bonds. The number of imide groups is 1. The van der Waals surface area contributed by atoms with E-state index < -0.39 is 5.92 Å². The van der Waals surface area contributed by atoms with Crippen LogP contribution in [0.3, 0.4) is 0 Å². The van der Waals surface area contributed by atoms with Crippen LogP contribution >= 0.6 is 0 Å². The van der Waals surface area contributed by atoms with E-state index >= 15 is 0 Å². The minimum atomic E-state index is -0.579. The van der Waals surface area contributed by atoms with Crippen LogP contribution in [0.2, 0.25) is 0 Å². The molecule has 4 heteroatoms. The average Bonchev–Trinajstić information content (AvgIpc) is 2.23. The van der Waals surface area contributed by atoms with Gasteiger partial charge in [-0.2, -0.15) is 0 Å². The Morgan fingerprint density at radius 3 is 2.47 bits per heavy atom. The first-order valence-corrected chi connectivity index (χ1v) is 4.70. The van der Waals surface area contributed by atoms with Gasteiger partial charge in [0.05, 0.1) is 5.69 Å². The number of benzene rings is 1. The first-order valence-electron chi connectivity index (χ1n) is 4.70. The molecule has 1 aliphatic rings. The van der Waals surface area contributed by atoms with Gasteiger partial charge in [-0.1, -0.05) is 6.07 Å². The zero-order chi connectivity index (χ0) is 11.2. The molecular weight excluding hydrogens is 194 g/mol. The first kappa shape index (κ1) is 9.71. The van der Waals surface area contributed by atoms with Crippen molar-refractivity contribution in [2.45, 2.75) is 13.8 Å². The van der Waals surface area contributed by atoms with Gasteiger partial charge < -0.3 is 5.11 Å². The van der Waals surface area contributed by atoms with Crippen molar-refractivity contribution >= 4 is 17.5 Å². The van der Waals surface area contributed by atoms with Gasteiger partial charge in [0.2, 0.25) is 11.8 Å². The third kappa shape index (κ3) is 1.29. The number of aromatic hydroxyl groups is 1. The van der Waals surface area contributed by atoms with E-state index in [2.05, 4.69) is 0 Å². The molecule has 0 atom stereocenters. The summed E-state index contributed by atoms with van der Waals surface area (Å²) in [4.78, 5) is 23.9. The van der Waals surface area contributed by atoms with E-state index in [0.717, 1.165) is 10.5 Å². The van der Waals surface area contributed by atoms with Crippen molar-refractivity contribution < 1.29 is 14.7 Å². The lowest BCUT2D eigenvalue weighted by Gasteiger charge is -2.34. The lowest BCUT2D eigenvalue weighted by molar-refractivity contribution is -0.142. The van der Waals surface area contributed by atoms with Crippen LogP contribution in [-0.2, 0) is 9.59 Å². The van der Waals surface area contributed by atoms with E-state index in [-0.39, 0.29) is 23.3 Å². The smallest absolute Gasteiger partial charge is 0.246 e. The standard InChI is InChI=1S/C11H11NO3/c1-6-3-4-9(13)8(5-6)12-10(14)7(2)11(12)15/h3-5,7,13H,1-2H3. The third-order valence-electron chi connectivity index (χ3n) is 2.55. The summed E-state index contributed by atoms with van der Waals surface area (Å²) in [6, 6.07) is 4.82. The number of carbonyl (C=O) groups excluding carboxylic acids is 2. The van der Waals surface area contributed by atoms with Gasteiger partial charge in [-0.05, 0) is 31.5 Å². The SMILES string of the molecule is Cc1ccc(O)c(N2C(=O)C(C)C2=O)c1. The quantitative estimate of drug-likeness (QED) is 0.553. The fraction of sp³-hybridized carbons (Fsp3) is 0.273. The molecule has 1 saturated heterocycles. The maximum atomic E-state index is 11.4. The van der Waals surface area contributed by atoms with Crippen LogP contribution in [0.25, 0.3) is 0 Å². The number of rotatable bonds is 1. The number of hydrogen-bond donors (Lipinski definition) is 1. The van der Waals surface area contributed by atoms with E-state index in [1.165, 1.54) is 6.07 Å². The maximum absolute atomic E-state index is 11.4. The minimum Gasteiger partial charge on any atom is -0.506 e. The highest BCUT2D eigenvalue weighted by molar-refractivity contribution is 6.33. The zero-order valence-corrected chi connectivity index (χ0v) is 8.52. The van der Waals surface area contributed by atoms with E-state index in [9.17, 15) is 14.7 Å². The number of amides is 2. The lowest BCUT2D eigenvalue weighted by atomic mass is 9.98. The monoisotopic (exact) mass is 205 g/mol. The van der Waals surface area contributed by atoms with Crippen molar-refractivity contribution in [2.24, 2.45) is 5.92 Å². The van der Waals surface area contributed by atoms with Crippen LogP contribution in [-0.4, -0.2) is 16.9 Å². The van der Waals surface area contributed by atoms with Crippen LogP contribution < -0.4 is 4.90 Å². The summed E-state index contributed by atoms with van der Waals surface area (Å²) in [6.45, 7) is 3.40. The number of nitrogens with zero attached hydrogens (tertiary/aromatic N) is 1. The molecule has 1 fully saturated rings. The maximum Gasteiger partial charge on any atom is 0.246 e. The number of β-lactam (4-membered cyclic amide) rings is 2. The molecule has 0 saturated carbocycles. The van der Waals surface area contributed by atoms with Crippen LogP contribution in [0.1, 0.15) is 12.5 Å². The first-order chi connectivity index (χ1) is 7.02. The Balaban J connectivity index is 2.43. The van der Waals surface area contributed by atoms with Crippen LogP contribution in [0.4, 0.5) is 5.69 Å². The number of carbonyl (C=O) groups is 2. The molecule has 0 aromatic heterocycles. The second kappa shape index (κ2) is 3.08. The fourth-order valence-electron chi connectivity index (χ4n) is 1.59. The summed E-state index contributed by atoms with van der Waals surface area (Å²) in [7, 11) is 0. The van der Waals surface area contributed by atoms with E-state index in [1.54, 1.807) is 19.1 Å². The lowest BCUT2D eigenvalue weighted by Crippen LogP contribution is -2.56. The number of aryl methyl sites for hydroxylation is 1. The number of hydrogen-bond acceptors (Lipinski definition) is 3. The molecule has 2 rings (SSSR count). The highest BCUT2D eigenvalue weighted by Gasteiger charge is 2.45. The molecule has 1 heterocycles. The van der Waals surface area contributed by atoms with E-state index in [1.807, 2.05) is 6.92 Å². The van der Waals surface area contributed by atoms with Crippen LogP contribution in [0.5, 0.6) is 5.75 Å². The van der Waals surface area contributed by atoms with Crippen molar-refractivity contribution in [1.82, 2.24) is 0 Å². The Labute approximate surface area is 87.1 Å². The summed E-state index contributed by atoms with van der Waals surface area (Å²) >= 11 is 0. The van der Waals surface area contributed by atoms with E-state index in [4.69, 9.17) is 0 Å². The molecule has 0 radical (unpaired) electrons. The molecule has 4 nitrogen and oxygen atoms in total. The molecular formula is C11H11NO3. The normalized spacial score (nSPS) is 16.8. The van der Waals surface area contributed by atoms with Crippen molar-refractivity contribution in [3.63, 3.8) is 0 Å². The molecule has 0 aliphatic carbocycles. The predicted molar refractivity (Wildman–Crippen MR) is 54.5 cm³/mol. The second-order valence-electron chi connectivity index (χ2n) is 3.73. The number of anilines is 1. The summed E-state index contributed by atoms with van der Waals surface area (Å²) in [5.41, 5.74) is 1.17. The van der Waals surface area contributed by atoms with Crippen LogP contribution in [0.15, 0.2) is 18.2 Å². The van der Waals surface area contributed by atoms with Gasteiger partial charge in [0.15, 0.2) is 0 Å². The largest absolute Gasteiger partial charge is 0.506 e. The van der Waals surface area contributed by atoms with Crippen molar-refractivity contribution in [2.75, 3.05) is 4.90 Å². The third-order valence-corrected chi connectivity index (χ3v) is 2.55. The molecule has 0 spiro atoms. The summed E-state index contributed by atoms with van der Waals surface area (Å²) in [5.74, 6) is -1.15.